The summed E-state index contributed by atoms with van der Waals surface area (Å²) in [4.78, 5) is 25.1. The van der Waals surface area contributed by atoms with E-state index in [9.17, 15) is 28.6 Å². The van der Waals surface area contributed by atoms with E-state index in [4.69, 9.17) is 0 Å². The van der Waals surface area contributed by atoms with Gasteiger partial charge in [-0.1, -0.05) is 11.3 Å². The van der Waals surface area contributed by atoms with Gasteiger partial charge in [0.25, 0.3) is 11.4 Å². The molecule has 13 heteroatoms. The lowest BCUT2D eigenvalue weighted by Crippen LogP contribution is -2.14. The van der Waals surface area contributed by atoms with Crippen LogP contribution in [0.5, 0.6) is 0 Å². The summed E-state index contributed by atoms with van der Waals surface area (Å²) < 4.78 is 23.8. The van der Waals surface area contributed by atoms with Crippen molar-refractivity contribution in [3.05, 3.63) is 56.6 Å². The molecule has 2 aromatic carbocycles. The van der Waals surface area contributed by atoms with Crippen LogP contribution in [0.2, 0.25) is 0 Å². The molecule has 29 heavy (non-hydrogen) atoms. The van der Waals surface area contributed by atoms with Crippen molar-refractivity contribution < 1.29 is 18.3 Å². The van der Waals surface area contributed by atoms with Crippen LogP contribution in [-0.4, -0.2) is 42.6 Å². The molecule has 0 amide bonds. The number of thiazole rings is 1. The van der Waals surface area contributed by atoms with Gasteiger partial charge in [-0.25, -0.2) is 13.4 Å². The summed E-state index contributed by atoms with van der Waals surface area (Å²) in [6, 6.07) is 8.07. The quantitative estimate of drug-likeness (QED) is 0.307. The van der Waals surface area contributed by atoms with Crippen molar-refractivity contribution in [3.8, 4) is 0 Å². The molecular formula is C16H15N5O6S2. The average molecular weight is 437 g/mol. The Labute approximate surface area is 168 Å². The summed E-state index contributed by atoms with van der Waals surface area (Å²) in [6.07, 6.45) is 0.982. The zero-order chi connectivity index (χ0) is 21.2. The largest absolute Gasteiger partial charge is 0.378 e. The number of benzene rings is 2. The molecule has 0 saturated heterocycles. The number of fused-ring (bicyclic) bond motifs is 1. The number of nitro groups is 2. The molecule has 3 aromatic rings. The first-order valence-electron chi connectivity index (χ1n) is 8.16. The standard InChI is InChI=1S/C16H15N5O6S2/c1-29(26,27)11-3-5-12(14(9-11)21(24)25)17-6-7-18-16-19-13-4-2-10(20(22)23)8-15(13)28-16/h2-5,8-9,17H,6-7H2,1H3,(H,18,19). The first-order valence-corrected chi connectivity index (χ1v) is 10.9. The van der Waals surface area contributed by atoms with E-state index in [1.165, 1.54) is 35.6 Å². The summed E-state index contributed by atoms with van der Waals surface area (Å²) in [6.45, 7) is 0.669. The van der Waals surface area contributed by atoms with Gasteiger partial charge in [-0.2, -0.15) is 0 Å². The Bertz CT molecular complexity index is 1210. The maximum absolute atomic E-state index is 11.6. The molecule has 2 N–H and O–H groups in total. The number of non-ortho nitro benzene ring substituents is 1. The second-order valence-corrected chi connectivity index (χ2v) is 9.04. The second-order valence-electron chi connectivity index (χ2n) is 5.99. The summed E-state index contributed by atoms with van der Waals surface area (Å²) in [5.41, 5.74) is 0.478. The van der Waals surface area contributed by atoms with Gasteiger partial charge >= 0.3 is 0 Å². The Balaban J connectivity index is 1.65. The summed E-state index contributed by atoms with van der Waals surface area (Å²) >= 11 is 1.26. The Morgan fingerprint density at radius 1 is 1.03 bits per heavy atom. The summed E-state index contributed by atoms with van der Waals surface area (Å²) in [5, 5.41) is 28.6. The molecule has 0 spiro atoms. The van der Waals surface area contributed by atoms with Crippen LogP contribution in [0.15, 0.2) is 41.3 Å². The molecule has 0 fully saturated rings. The molecule has 1 heterocycles. The molecule has 3 rings (SSSR count). The molecule has 0 bridgehead atoms. The lowest BCUT2D eigenvalue weighted by Gasteiger charge is -2.08. The van der Waals surface area contributed by atoms with Crippen molar-refractivity contribution in [3.63, 3.8) is 0 Å². The van der Waals surface area contributed by atoms with Crippen LogP contribution >= 0.6 is 11.3 Å². The van der Waals surface area contributed by atoms with E-state index in [0.29, 0.717) is 28.4 Å². The summed E-state index contributed by atoms with van der Waals surface area (Å²) in [7, 11) is -3.55. The molecule has 0 radical (unpaired) electrons. The zero-order valence-electron chi connectivity index (χ0n) is 15.0. The lowest BCUT2D eigenvalue weighted by atomic mass is 10.2. The first-order chi connectivity index (χ1) is 13.6. The molecule has 0 aliphatic rings. The fourth-order valence-electron chi connectivity index (χ4n) is 2.51. The van der Waals surface area contributed by atoms with Crippen molar-refractivity contribution in [2.45, 2.75) is 4.90 Å². The number of nitrogens with zero attached hydrogens (tertiary/aromatic N) is 3. The predicted molar refractivity (Wildman–Crippen MR) is 109 cm³/mol. The van der Waals surface area contributed by atoms with Gasteiger partial charge in [0, 0.05) is 37.5 Å². The molecule has 0 aliphatic carbocycles. The number of aromatic nitrogens is 1. The van der Waals surface area contributed by atoms with Gasteiger partial charge in [0.15, 0.2) is 15.0 Å². The zero-order valence-corrected chi connectivity index (χ0v) is 16.6. The minimum atomic E-state index is -3.55. The number of nitrogens with one attached hydrogen (secondary N) is 2. The molecule has 1 aromatic heterocycles. The van der Waals surface area contributed by atoms with Crippen molar-refractivity contribution >= 4 is 53.6 Å². The van der Waals surface area contributed by atoms with Gasteiger partial charge in [0.2, 0.25) is 0 Å². The maximum Gasteiger partial charge on any atom is 0.293 e. The van der Waals surface area contributed by atoms with E-state index in [0.717, 1.165) is 12.3 Å². The van der Waals surface area contributed by atoms with Crippen LogP contribution in [-0.2, 0) is 9.84 Å². The van der Waals surface area contributed by atoms with Gasteiger partial charge in [0.05, 0.1) is 25.0 Å². The molecule has 0 unspecified atom stereocenters. The highest BCUT2D eigenvalue weighted by molar-refractivity contribution is 7.90. The third kappa shape index (κ3) is 4.75. The molecule has 0 saturated carbocycles. The van der Waals surface area contributed by atoms with Gasteiger partial charge < -0.3 is 10.6 Å². The highest BCUT2D eigenvalue weighted by atomic mass is 32.2. The Morgan fingerprint density at radius 2 is 1.76 bits per heavy atom. The topological polar surface area (TPSA) is 157 Å². The maximum atomic E-state index is 11.6. The average Bonchev–Trinajstić information content (AvgIpc) is 3.06. The Kier molecular flexibility index (Phi) is 5.61. The highest BCUT2D eigenvalue weighted by Gasteiger charge is 2.18. The smallest absolute Gasteiger partial charge is 0.293 e. The van der Waals surface area contributed by atoms with Crippen molar-refractivity contribution in [2.75, 3.05) is 30.0 Å². The Morgan fingerprint density at radius 3 is 2.41 bits per heavy atom. The number of rotatable bonds is 8. The van der Waals surface area contributed by atoms with Crippen LogP contribution in [0.25, 0.3) is 10.2 Å². The fourth-order valence-corrected chi connectivity index (χ4v) is 4.08. The van der Waals surface area contributed by atoms with Crippen LogP contribution in [0.1, 0.15) is 0 Å². The van der Waals surface area contributed by atoms with E-state index in [2.05, 4.69) is 15.6 Å². The second kappa shape index (κ2) is 7.97. The van der Waals surface area contributed by atoms with Crippen LogP contribution in [0.4, 0.5) is 22.2 Å². The molecule has 0 atom stereocenters. The van der Waals surface area contributed by atoms with E-state index < -0.39 is 19.7 Å². The molecule has 0 aliphatic heterocycles. The monoisotopic (exact) mass is 437 g/mol. The third-order valence-corrected chi connectivity index (χ3v) is 5.98. The van der Waals surface area contributed by atoms with Crippen LogP contribution < -0.4 is 10.6 Å². The number of hydrogen-bond donors (Lipinski definition) is 2. The first kappa shape index (κ1) is 20.4. The van der Waals surface area contributed by atoms with Crippen LogP contribution in [0.3, 0.4) is 0 Å². The van der Waals surface area contributed by atoms with Gasteiger partial charge in [-0.15, -0.1) is 0 Å². The molecule has 152 valence electrons. The van der Waals surface area contributed by atoms with Crippen molar-refractivity contribution in [2.24, 2.45) is 0 Å². The van der Waals surface area contributed by atoms with Gasteiger partial charge in [-0.3, -0.25) is 20.2 Å². The minimum Gasteiger partial charge on any atom is -0.378 e. The highest BCUT2D eigenvalue weighted by Crippen LogP contribution is 2.29. The van der Waals surface area contributed by atoms with E-state index in [-0.39, 0.29) is 22.0 Å². The fraction of sp³-hybridized carbons (Fsp3) is 0.188. The third-order valence-electron chi connectivity index (χ3n) is 3.89. The normalized spacial score (nSPS) is 11.3. The van der Waals surface area contributed by atoms with Crippen LogP contribution in [0, 0.1) is 20.2 Å². The van der Waals surface area contributed by atoms with Crippen molar-refractivity contribution in [1.82, 2.24) is 4.98 Å². The van der Waals surface area contributed by atoms with E-state index in [1.807, 2.05) is 0 Å². The number of nitro benzene ring substituents is 2. The summed E-state index contributed by atoms with van der Waals surface area (Å²) in [5.74, 6) is 0. The lowest BCUT2D eigenvalue weighted by molar-refractivity contribution is -0.384. The van der Waals surface area contributed by atoms with Gasteiger partial charge in [-0.05, 0) is 18.2 Å². The number of sulfone groups is 1. The van der Waals surface area contributed by atoms with Crippen molar-refractivity contribution in [1.29, 1.82) is 0 Å². The number of hydrogen-bond acceptors (Lipinski definition) is 10. The number of anilines is 2. The van der Waals surface area contributed by atoms with E-state index >= 15 is 0 Å². The molecular weight excluding hydrogens is 422 g/mol. The minimum absolute atomic E-state index is 0.0146. The predicted octanol–water partition coefficient (Wildman–Crippen LogP) is 3.04. The van der Waals surface area contributed by atoms with Gasteiger partial charge in [0.1, 0.15) is 5.69 Å². The Hall–Kier alpha value is -3.32. The van der Waals surface area contributed by atoms with E-state index in [1.54, 1.807) is 6.07 Å². The SMILES string of the molecule is CS(=O)(=O)c1ccc(NCCNc2nc3ccc([N+](=O)[O-])cc3s2)c([N+](=O)[O-])c1. The molecule has 11 nitrogen and oxygen atoms in total.